The summed E-state index contributed by atoms with van der Waals surface area (Å²) in [4.78, 5) is 2.30. The third-order valence-corrected chi connectivity index (χ3v) is 11.2. The molecule has 0 fully saturated rings. The second-order valence-corrected chi connectivity index (χ2v) is 14.9. The van der Waals surface area contributed by atoms with Gasteiger partial charge in [0.2, 0.25) is 0 Å². The lowest BCUT2D eigenvalue weighted by Gasteiger charge is -2.36. The smallest absolute Gasteiger partial charge is 0.192 e. The Balaban J connectivity index is 2.89. The second kappa shape index (κ2) is 9.49. The Kier molecular flexibility index (Phi) is 8.79. The normalized spacial score (nSPS) is 14.5. The summed E-state index contributed by atoms with van der Waals surface area (Å²) in [5.74, 6) is 0. The first kappa shape index (κ1) is 24.1. The van der Waals surface area contributed by atoms with Crippen molar-refractivity contribution in [3.63, 3.8) is 0 Å². The van der Waals surface area contributed by atoms with Crippen molar-refractivity contribution in [1.29, 1.82) is 0 Å². The van der Waals surface area contributed by atoms with E-state index in [1.165, 1.54) is 9.26 Å². The van der Waals surface area contributed by atoms with Crippen LogP contribution in [0.5, 0.6) is 0 Å². The summed E-state index contributed by atoms with van der Waals surface area (Å²) in [6.45, 7) is 22.5. The molecule has 1 atom stereocenters. The maximum absolute atomic E-state index is 9.82. The number of rotatable bonds is 9. The average molecular weight is 496 g/mol. The molecule has 0 aliphatic carbocycles. The fraction of sp³-hybridized carbons (Fsp3) is 0.842. The first-order valence-corrected chi connectivity index (χ1v) is 13.5. The van der Waals surface area contributed by atoms with Crippen LogP contribution >= 0.6 is 22.6 Å². The lowest BCUT2D eigenvalue weighted by molar-refractivity contribution is 0.100. The molecule has 152 valence electrons. The van der Waals surface area contributed by atoms with E-state index in [-0.39, 0.29) is 11.1 Å². The van der Waals surface area contributed by atoms with E-state index in [0.717, 1.165) is 18.8 Å². The van der Waals surface area contributed by atoms with Crippen LogP contribution in [0.25, 0.3) is 0 Å². The molecular formula is C19H38IN3O2Si. The van der Waals surface area contributed by atoms with Gasteiger partial charge in [-0.2, -0.15) is 5.10 Å². The molecule has 1 aromatic heterocycles. The van der Waals surface area contributed by atoms with Crippen LogP contribution in [0.3, 0.4) is 0 Å². The summed E-state index contributed by atoms with van der Waals surface area (Å²) in [5.41, 5.74) is 2.28. The minimum absolute atomic E-state index is 0.218. The number of hydrogen-bond donors (Lipinski definition) is 1. The molecule has 1 rings (SSSR count). The van der Waals surface area contributed by atoms with E-state index in [0.29, 0.717) is 19.2 Å². The quantitative estimate of drug-likeness (QED) is 0.408. The fourth-order valence-corrected chi connectivity index (χ4v) is 4.13. The SMILES string of the molecule is Cc1nn(CCO[Si](C)(C)C(C)(C)C)c(CN(C[C@H](C)O)C(C)C)c1I. The van der Waals surface area contributed by atoms with Gasteiger partial charge in [-0.3, -0.25) is 9.58 Å². The standard InChI is InChI=1S/C19H38IN3O2Si/c1-14(2)22(12-15(3)24)13-17-18(20)16(4)21-23(17)10-11-25-26(8,9)19(5,6)7/h14-15,24H,10-13H2,1-9H3/t15-/m0/s1. The lowest BCUT2D eigenvalue weighted by Crippen LogP contribution is -2.41. The molecule has 7 heteroatoms. The number of aliphatic hydroxyl groups is 1. The summed E-state index contributed by atoms with van der Waals surface area (Å²) in [5, 5.41) is 14.8. The highest BCUT2D eigenvalue weighted by molar-refractivity contribution is 14.1. The highest BCUT2D eigenvalue weighted by Crippen LogP contribution is 2.36. The van der Waals surface area contributed by atoms with Gasteiger partial charge in [0.1, 0.15) is 0 Å². The third kappa shape index (κ3) is 6.58. The van der Waals surface area contributed by atoms with Crippen LogP contribution in [0.2, 0.25) is 18.1 Å². The van der Waals surface area contributed by atoms with Gasteiger partial charge in [0.15, 0.2) is 8.32 Å². The summed E-state index contributed by atoms with van der Waals surface area (Å²) in [6, 6.07) is 0.368. The van der Waals surface area contributed by atoms with Crippen molar-refractivity contribution >= 4 is 30.9 Å². The number of aryl methyl sites for hydroxylation is 1. The second-order valence-electron chi connectivity index (χ2n) is 9.05. The first-order valence-electron chi connectivity index (χ1n) is 9.54. The Bertz CT molecular complexity index is 580. The minimum atomic E-state index is -1.74. The van der Waals surface area contributed by atoms with Crippen molar-refractivity contribution in [3.8, 4) is 0 Å². The topological polar surface area (TPSA) is 50.5 Å². The number of aliphatic hydroxyl groups excluding tert-OH is 1. The predicted molar refractivity (Wildman–Crippen MR) is 120 cm³/mol. The Morgan fingerprint density at radius 2 is 1.85 bits per heavy atom. The van der Waals surface area contributed by atoms with E-state index in [1.807, 2.05) is 6.92 Å². The summed E-state index contributed by atoms with van der Waals surface area (Å²) in [6.07, 6.45) is -0.338. The third-order valence-electron chi connectivity index (χ3n) is 5.31. The fourth-order valence-electron chi connectivity index (χ4n) is 2.54. The molecule has 0 aliphatic rings. The van der Waals surface area contributed by atoms with E-state index < -0.39 is 8.32 Å². The molecule has 0 aliphatic heterocycles. The van der Waals surface area contributed by atoms with E-state index >= 15 is 0 Å². The van der Waals surface area contributed by atoms with Crippen LogP contribution in [0.1, 0.15) is 52.9 Å². The Labute approximate surface area is 174 Å². The minimum Gasteiger partial charge on any atom is -0.415 e. The first-order chi connectivity index (χ1) is 11.8. The molecule has 0 amide bonds. The van der Waals surface area contributed by atoms with Crippen molar-refractivity contribution in [2.24, 2.45) is 0 Å². The Morgan fingerprint density at radius 3 is 2.31 bits per heavy atom. The average Bonchev–Trinajstić information content (AvgIpc) is 2.72. The van der Waals surface area contributed by atoms with Gasteiger partial charge in [0.05, 0.1) is 34.2 Å². The van der Waals surface area contributed by atoms with Gasteiger partial charge >= 0.3 is 0 Å². The molecule has 0 saturated heterocycles. The van der Waals surface area contributed by atoms with Crippen LogP contribution in [0.15, 0.2) is 0 Å². The van der Waals surface area contributed by atoms with Crippen molar-refractivity contribution in [2.75, 3.05) is 13.2 Å². The Hall–Kier alpha value is 0.0369. The number of nitrogens with zero attached hydrogens (tertiary/aromatic N) is 3. The van der Waals surface area contributed by atoms with Gasteiger partial charge in [-0.1, -0.05) is 20.8 Å². The predicted octanol–water partition coefficient (Wildman–Crippen LogP) is 4.41. The van der Waals surface area contributed by atoms with Gasteiger partial charge in [0, 0.05) is 19.1 Å². The van der Waals surface area contributed by atoms with Gasteiger partial charge in [-0.15, -0.1) is 0 Å². The summed E-state index contributed by atoms with van der Waals surface area (Å²) >= 11 is 2.39. The van der Waals surface area contributed by atoms with Gasteiger partial charge in [-0.05, 0) is 68.4 Å². The van der Waals surface area contributed by atoms with E-state index in [2.05, 4.69) is 86.8 Å². The van der Waals surface area contributed by atoms with Crippen LogP contribution in [-0.2, 0) is 17.5 Å². The molecule has 0 spiro atoms. The maximum atomic E-state index is 9.82. The molecule has 0 bridgehead atoms. The molecule has 5 nitrogen and oxygen atoms in total. The number of aromatic nitrogens is 2. The van der Waals surface area contributed by atoms with E-state index in [9.17, 15) is 5.11 Å². The Morgan fingerprint density at radius 1 is 1.27 bits per heavy atom. The maximum Gasteiger partial charge on any atom is 0.192 e. The highest BCUT2D eigenvalue weighted by atomic mass is 127. The summed E-state index contributed by atoms with van der Waals surface area (Å²) in [7, 11) is -1.74. The molecule has 1 N–H and O–H groups in total. The van der Waals surface area contributed by atoms with E-state index in [1.54, 1.807) is 0 Å². The lowest BCUT2D eigenvalue weighted by atomic mass is 10.2. The molecule has 1 aromatic rings. The molecular weight excluding hydrogens is 457 g/mol. The van der Waals surface area contributed by atoms with Crippen LogP contribution in [-0.4, -0.2) is 53.4 Å². The monoisotopic (exact) mass is 495 g/mol. The van der Waals surface area contributed by atoms with Crippen molar-refractivity contribution in [1.82, 2.24) is 14.7 Å². The van der Waals surface area contributed by atoms with Gasteiger partial charge in [-0.25, -0.2) is 0 Å². The van der Waals surface area contributed by atoms with Crippen LogP contribution in [0.4, 0.5) is 0 Å². The molecule has 0 saturated carbocycles. The van der Waals surface area contributed by atoms with E-state index in [4.69, 9.17) is 9.52 Å². The molecule has 0 radical (unpaired) electrons. The zero-order valence-corrected chi connectivity index (χ0v) is 21.2. The molecule has 26 heavy (non-hydrogen) atoms. The van der Waals surface area contributed by atoms with Crippen molar-refractivity contribution in [3.05, 3.63) is 15.0 Å². The largest absolute Gasteiger partial charge is 0.415 e. The number of hydrogen-bond acceptors (Lipinski definition) is 4. The molecule has 0 unspecified atom stereocenters. The zero-order chi connectivity index (χ0) is 20.3. The van der Waals surface area contributed by atoms with Crippen LogP contribution in [0, 0.1) is 10.5 Å². The van der Waals surface area contributed by atoms with Crippen molar-refractivity contribution in [2.45, 2.75) is 91.8 Å². The van der Waals surface area contributed by atoms with Crippen molar-refractivity contribution < 1.29 is 9.53 Å². The summed E-state index contributed by atoms with van der Waals surface area (Å²) < 4.78 is 9.65. The van der Waals surface area contributed by atoms with Crippen LogP contribution < -0.4 is 0 Å². The number of halogens is 1. The van der Waals surface area contributed by atoms with Gasteiger partial charge in [0.25, 0.3) is 0 Å². The van der Waals surface area contributed by atoms with Gasteiger partial charge < -0.3 is 9.53 Å². The highest BCUT2D eigenvalue weighted by Gasteiger charge is 2.37. The molecule has 1 heterocycles. The molecule has 0 aromatic carbocycles. The zero-order valence-electron chi connectivity index (χ0n) is 18.1.